The Bertz CT molecular complexity index is 1210. The van der Waals surface area contributed by atoms with Crippen LogP contribution in [-0.4, -0.2) is 129 Å². The number of amides is 2. The van der Waals surface area contributed by atoms with Crippen LogP contribution in [0.4, 0.5) is 5.95 Å². The van der Waals surface area contributed by atoms with Crippen LogP contribution in [-0.2, 0) is 35.0 Å². The molecule has 0 N–H and O–H groups in total. The number of hydrogen-bond acceptors (Lipinski definition) is 12. The number of ether oxygens (including phenoxy) is 5. The van der Waals surface area contributed by atoms with Gasteiger partial charge in [0.15, 0.2) is 0 Å². The van der Waals surface area contributed by atoms with Gasteiger partial charge in [0.2, 0.25) is 5.95 Å². The number of piperazine rings is 1. The molecule has 1 aromatic heterocycles. The first kappa shape index (κ1) is 34.4. The van der Waals surface area contributed by atoms with Gasteiger partial charge in [-0.1, -0.05) is 12.1 Å². The van der Waals surface area contributed by atoms with E-state index >= 15 is 0 Å². The number of hydrogen-bond donors (Lipinski definition) is 0. The van der Waals surface area contributed by atoms with Gasteiger partial charge < -0.3 is 28.6 Å². The molecule has 4 rings (SSSR count). The molecule has 0 atom stereocenters. The maximum absolute atomic E-state index is 12.6. The maximum Gasteiger partial charge on any atom is 0.308 e. The molecule has 2 aliphatic rings. The highest BCUT2D eigenvalue weighted by Crippen LogP contribution is 2.24. The van der Waals surface area contributed by atoms with Crippen LogP contribution in [0.5, 0.6) is 0 Å². The highest BCUT2D eigenvalue weighted by molar-refractivity contribution is 6.21. The van der Waals surface area contributed by atoms with Crippen LogP contribution in [0, 0.1) is 0 Å². The first-order chi connectivity index (χ1) is 21.7. The third kappa shape index (κ3) is 11.1. The van der Waals surface area contributed by atoms with Crippen molar-refractivity contribution in [2.45, 2.75) is 39.3 Å². The minimum Gasteiger partial charge on any atom is -0.460 e. The van der Waals surface area contributed by atoms with E-state index in [2.05, 4.69) is 19.8 Å². The van der Waals surface area contributed by atoms with Crippen LogP contribution in [0.3, 0.4) is 0 Å². The molecule has 3 heterocycles. The molecule has 0 unspecified atom stereocenters. The van der Waals surface area contributed by atoms with Gasteiger partial charge in [-0.3, -0.25) is 24.2 Å². The lowest BCUT2D eigenvalue weighted by Gasteiger charge is -2.34. The molecule has 13 nitrogen and oxygen atoms in total. The Morgan fingerprint density at radius 2 is 1.27 bits per heavy atom. The van der Waals surface area contributed by atoms with Gasteiger partial charge in [-0.15, -0.1) is 0 Å². The van der Waals surface area contributed by atoms with Crippen molar-refractivity contribution in [2.75, 3.05) is 90.5 Å². The Kier molecular flexibility index (Phi) is 13.2. The molecule has 13 heteroatoms. The summed E-state index contributed by atoms with van der Waals surface area (Å²) in [5.41, 5.74) is 1.10. The average Bonchev–Trinajstić information content (AvgIpc) is 3.26. The van der Waals surface area contributed by atoms with Crippen molar-refractivity contribution < 1.29 is 38.1 Å². The smallest absolute Gasteiger partial charge is 0.308 e. The number of nitrogens with zero attached hydrogens (tertiary/aromatic N) is 5. The molecule has 1 saturated heterocycles. The number of fused-ring (bicyclic) bond motifs is 1. The third-order valence-corrected chi connectivity index (χ3v) is 7.10. The summed E-state index contributed by atoms with van der Waals surface area (Å²) in [5.74, 6) is -0.197. The van der Waals surface area contributed by atoms with Crippen LogP contribution in [0.25, 0.3) is 0 Å². The molecule has 2 aromatic rings. The van der Waals surface area contributed by atoms with Gasteiger partial charge >= 0.3 is 5.97 Å². The zero-order chi connectivity index (χ0) is 32.1. The van der Waals surface area contributed by atoms with Gasteiger partial charge in [0.05, 0.1) is 76.9 Å². The fourth-order valence-electron chi connectivity index (χ4n) is 4.83. The quantitative estimate of drug-likeness (QED) is 0.136. The fraction of sp³-hybridized carbons (Fsp3) is 0.594. The summed E-state index contributed by atoms with van der Waals surface area (Å²) < 4.78 is 27.3. The fourth-order valence-corrected chi connectivity index (χ4v) is 4.83. The average molecular weight is 628 g/mol. The largest absolute Gasteiger partial charge is 0.460 e. The van der Waals surface area contributed by atoms with Gasteiger partial charge in [0, 0.05) is 50.7 Å². The van der Waals surface area contributed by atoms with Gasteiger partial charge in [-0.25, -0.2) is 9.97 Å². The normalized spacial score (nSPS) is 15.5. The Balaban J connectivity index is 0.976. The zero-order valence-electron chi connectivity index (χ0n) is 26.6. The van der Waals surface area contributed by atoms with Gasteiger partial charge in [-0.2, -0.15) is 0 Å². The number of esters is 1. The Morgan fingerprint density at radius 1 is 0.756 bits per heavy atom. The van der Waals surface area contributed by atoms with E-state index in [4.69, 9.17) is 23.7 Å². The number of aromatic nitrogens is 2. The van der Waals surface area contributed by atoms with Crippen LogP contribution < -0.4 is 4.90 Å². The van der Waals surface area contributed by atoms with Crippen LogP contribution in [0.2, 0.25) is 0 Å². The number of imide groups is 1. The highest BCUT2D eigenvalue weighted by Gasteiger charge is 2.35. The van der Waals surface area contributed by atoms with Crippen molar-refractivity contribution in [1.29, 1.82) is 0 Å². The van der Waals surface area contributed by atoms with Gasteiger partial charge in [0.25, 0.3) is 11.8 Å². The van der Waals surface area contributed by atoms with Crippen LogP contribution in [0.1, 0.15) is 53.5 Å². The molecule has 0 saturated carbocycles. The second-order valence-electron chi connectivity index (χ2n) is 11.7. The standard InChI is InChI=1S/C32H45N5O8/c1-32(2,3)45-28(38)8-14-41-16-18-43-20-21-44-19-17-42-15-13-35-9-11-36(12-10-35)31-33-22-25(23-34-31)24-37-29(39)26-6-4-5-7-27(26)30(37)40/h4-7,22-23H,8-21,24H2,1-3H3. The van der Waals surface area contributed by atoms with Gasteiger partial charge in [0.1, 0.15) is 5.60 Å². The number of anilines is 1. The Morgan fingerprint density at radius 3 is 1.80 bits per heavy atom. The van der Waals surface area contributed by atoms with Crippen molar-refractivity contribution in [3.63, 3.8) is 0 Å². The summed E-state index contributed by atoms with van der Waals surface area (Å²) in [6.45, 7) is 13.6. The predicted molar refractivity (Wildman–Crippen MR) is 165 cm³/mol. The Hall–Kier alpha value is -3.49. The lowest BCUT2D eigenvalue weighted by Crippen LogP contribution is -2.48. The third-order valence-electron chi connectivity index (χ3n) is 7.10. The second kappa shape index (κ2) is 17.3. The first-order valence-electron chi connectivity index (χ1n) is 15.5. The number of carbonyl (C=O) groups is 3. The van der Waals surface area contributed by atoms with E-state index in [9.17, 15) is 14.4 Å². The monoisotopic (exact) mass is 627 g/mol. The SMILES string of the molecule is CC(C)(C)OC(=O)CCOCCOCCOCCOCCN1CCN(c2ncc(CN3C(=O)c4ccccc4C3=O)cn2)CC1. The lowest BCUT2D eigenvalue weighted by molar-refractivity contribution is -0.156. The van der Waals surface area contributed by atoms with Crippen molar-refractivity contribution >= 4 is 23.7 Å². The summed E-state index contributed by atoms with van der Waals surface area (Å²) in [6, 6.07) is 6.86. The van der Waals surface area contributed by atoms with E-state index in [0.29, 0.717) is 75.5 Å². The predicted octanol–water partition coefficient (Wildman–Crippen LogP) is 2.19. The van der Waals surface area contributed by atoms with E-state index in [1.807, 2.05) is 20.8 Å². The van der Waals surface area contributed by atoms with E-state index in [1.165, 1.54) is 4.90 Å². The van der Waals surface area contributed by atoms with E-state index in [-0.39, 0.29) is 30.7 Å². The van der Waals surface area contributed by atoms with E-state index in [0.717, 1.165) is 32.7 Å². The molecule has 246 valence electrons. The van der Waals surface area contributed by atoms with E-state index < -0.39 is 5.60 Å². The van der Waals surface area contributed by atoms with Crippen molar-refractivity contribution in [3.05, 3.63) is 53.3 Å². The summed E-state index contributed by atoms with van der Waals surface area (Å²) in [6.07, 6.45) is 3.60. The molecular formula is C32H45N5O8. The van der Waals surface area contributed by atoms with E-state index in [1.54, 1.807) is 36.7 Å². The second-order valence-corrected chi connectivity index (χ2v) is 11.7. The molecule has 1 aromatic carbocycles. The minimum absolute atomic E-state index is 0.147. The van der Waals surface area contributed by atoms with Crippen molar-refractivity contribution in [1.82, 2.24) is 19.8 Å². The summed E-state index contributed by atoms with van der Waals surface area (Å²) >= 11 is 0. The summed E-state index contributed by atoms with van der Waals surface area (Å²) in [7, 11) is 0. The molecular weight excluding hydrogens is 582 g/mol. The van der Waals surface area contributed by atoms with Gasteiger partial charge in [-0.05, 0) is 32.9 Å². The van der Waals surface area contributed by atoms with Crippen molar-refractivity contribution in [2.24, 2.45) is 0 Å². The molecule has 2 amide bonds. The van der Waals surface area contributed by atoms with Crippen LogP contribution in [0.15, 0.2) is 36.7 Å². The highest BCUT2D eigenvalue weighted by atomic mass is 16.6. The maximum atomic E-state index is 12.6. The number of carbonyl (C=O) groups excluding carboxylic acids is 3. The van der Waals surface area contributed by atoms with Crippen LogP contribution >= 0.6 is 0 Å². The lowest BCUT2D eigenvalue weighted by atomic mass is 10.1. The molecule has 2 aliphatic heterocycles. The Labute approximate surface area is 264 Å². The van der Waals surface area contributed by atoms with Crippen molar-refractivity contribution in [3.8, 4) is 0 Å². The zero-order valence-corrected chi connectivity index (χ0v) is 26.6. The molecule has 1 fully saturated rings. The molecule has 45 heavy (non-hydrogen) atoms. The molecule has 0 radical (unpaired) electrons. The number of benzene rings is 1. The summed E-state index contributed by atoms with van der Waals surface area (Å²) in [5, 5.41) is 0. The molecule has 0 aliphatic carbocycles. The summed E-state index contributed by atoms with van der Waals surface area (Å²) in [4.78, 5) is 51.6. The topological polar surface area (TPSA) is 133 Å². The molecule has 0 bridgehead atoms. The minimum atomic E-state index is -0.478. The number of rotatable bonds is 18. The first-order valence-corrected chi connectivity index (χ1v) is 15.5. The molecule has 0 spiro atoms.